The van der Waals surface area contributed by atoms with Gasteiger partial charge in [-0.3, -0.25) is 0 Å². The number of hydrogen-bond acceptors (Lipinski definition) is 3. The fourth-order valence-corrected chi connectivity index (χ4v) is 2.17. The van der Waals surface area contributed by atoms with E-state index in [1.54, 1.807) is 0 Å². The molecule has 0 radical (unpaired) electrons. The number of carbonyl (C=O) groups excluding carboxylic acids is 1. The molecule has 4 heteroatoms. The predicted molar refractivity (Wildman–Crippen MR) is 88.5 cm³/mol. The Balaban J connectivity index is 2.29. The van der Waals surface area contributed by atoms with E-state index in [1.165, 1.54) is 0 Å². The molecule has 0 unspecified atom stereocenters. The standard InChI is InChI=1S/C18H22N2O2/c1-18(2,3)22-17(21)20-16(13-8-5-4-6-9-13)14-10-7-11-15(19)12-14/h4-12,16H,19H2,1-3H3,(H,20,21)/t16-/m0/s1. The fraction of sp³-hybridized carbons (Fsp3) is 0.278. The lowest BCUT2D eigenvalue weighted by Crippen LogP contribution is -2.35. The number of nitrogens with one attached hydrogen (secondary N) is 1. The van der Waals surface area contributed by atoms with Gasteiger partial charge < -0.3 is 15.8 Å². The second kappa shape index (κ2) is 6.52. The topological polar surface area (TPSA) is 64.3 Å². The summed E-state index contributed by atoms with van der Waals surface area (Å²) in [6.07, 6.45) is -0.455. The van der Waals surface area contributed by atoms with Crippen molar-refractivity contribution in [1.82, 2.24) is 5.32 Å². The van der Waals surface area contributed by atoms with Crippen LogP contribution in [0, 0.1) is 0 Å². The Morgan fingerprint density at radius 3 is 2.27 bits per heavy atom. The minimum Gasteiger partial charge on any atom is -0.444 e. The summed E-state index contributed by atoms with van der Waals surface area (Å²) in [5.41, 5.74) is 7.86. The predicted octanol–water partition coefficient (Wildman–Crippen LogP) is 3.88. The molecule has 0 aliphatic heterocycles. The van der Waals surface area contributed by atoms with E-state index in [2.05, 4.69) is 5.32 Å². The van der Waals surface area contributed by atoms with Gasteiger partial charge in [0.1, 0.15) is 5.60 Å². The van der Waals surface area contributed by atoms with Crippen LogP contribution in [0.2, 0.25) is 0 Å². The highest BCUT2D eigenvalue weighted by atomic mass is 16.6. The van der Waals surface area contributed by atoms with Gasteiger partial charge in [0, 0.05) is 5.69 Å². The average Bonchev–Trinajstić information content (AvgIpc) is 2.44. The number of benzene rings is 2. The summed E-state index contributed by atoms with van der Waals surface area (Å²) in [5, 5.41) is 2.92. The molecule has 22 heavy (non-hydrogen) atoms. The Bertz CT molecular complexity index is 633. The molecule has 0 spiro atoms. The molecule has 3 N–H and O–H groups in total. The Labute approximate surface area is 131 Å². The van der Waals surface area contributed by atoms with E-state index in [0.29, 0.717) is 5.69 Å². The van der Waals surface area contributed by atoms with E-state index in [-0.39, 0.29) is 6.04 Å². The van der Waals surface area contributed by atoms with Crippen LogP contribution >= 0.6 is 0 Å². The molecule has 116 valence electrons. The maximum absolute atomic E-state index is 12.1. The fourth-order valence-electron chi connectivity index (χ4n) is 2.17. The Morgan fingerprint density at radius 2 is 1.68 bits per heavy atom. The van der Waals surface area contributed by atoms with Crippen LogP contribution < -0.4 is 11.1 Å². The molecule has 1 amide bonds. The van der Waals surface area contributed by atoms with Gasteiger partial charge in [-0.15, -0.1) is 0 Å². The number of hydrogen-bond donors (Lipinski definition) is 2. The van der Waals surface area contributed by atoms with Gasteiger partial charge in [-0.1, -0.05) is 42.5 Å². The third-order valence-electron chi connectivity index (χ3n) is 3.04. The van der Waals surface area contributed by atoms with Crippen molar-refractivity contribution in [1.29, 1.82) is 0 Å². The van der Waals surface area contributed by atoms with Crippen LogP contribution in [-0.4, -0.2) is 11.7 Å². The Kier molecular flexibility index (Phi) is 4.71. The number of nitrogens with two attached hydrogens (primary N) is 1. The van der Waals surface area contributed by atoms with Gasteiger partial charge in [0.05, 0.1) is 6.04 Å². The monoisotopic (exact) mass is 298 g/mol. The highest BCUT2D eigenvalue weighted by molar-refractivity contribution is 5.69. The van der Waals surface area contributed by atoms with Gasteiger partial charge in [-0.25, -0.2) is 4.79 Å². The molecule has 4 nitrogen and oxygen atoms in total. The van der Waals surface area contributed by atoms with Gasteiger partial charge in [0.25, 0.3) is 0 Å². The number of rotatable bonds is 3. The van der Waals surface area contributed by atoms with Crippen LogP contribution in [0.5, 0.6) is 0 Å². The molecule has 0 bridgehead atoms. The third-order valence-corrected chi connectivity index (χ3v) is 3.04. The molecule has 2 aromatic rings. The van der Waals surface area contributed by atoms with E-state index < -0.39 is 11.7 Å². The lowest BCUT2D eigenvalue weighted by molar-refractivity contribution is 0.0512. The van der Waals surface area contributed by atoms with Crippen molar-refractivity contribution in [3.8, 4) is 0 Å². The Hall–Kier alpha value is -2.49. The number of alkyl carbamates (subject to hydrolysis) is 1. The summed E-state index contributed by atoms with van der Waals surface area (Å²) in [5.74, 6) is 0. The number of carbonyl (C=O) groups is 1. The normalized spacial score (nSPS) is 12.5. The second-order valence-electron chi connectivity index (χ2n) is 6.16. The third kappa shape index (κ3) is 4.52. The lowest BCUT2D eigenvalue weighted by atomic mass is 9.98. The summed E-state index contributed by atoms with van der Waals surface area (Å²) >= 11 is 0. The largest absolute Gasteiger partial charge is 0.444 e. The second-order valence-corrected chi connectivity index (χ2v) is 6.16. The first-order valence-corrected chi connectivity index (χ1v) is 7.25. The first-order chi connectivity index (χ1) is 10.3. The van der Waals surface area contributed by atoms with E-state index in [9.17, 15) is 4.79 Å². The molecule has 2 rings (SSSR count). The van der Waals surface area contributed by atoms with Gasteiger partial charge in [0.2, 0.25) is 0 Å². The van der Waals surface area contributed by atoms with Crippen molar-refractivity contribution < 1.29 is 9.53 Å². The molecular weight excluding hydrogens is 276 g/mol. The van der Waals surface area contributed by atoms with Gasteiger partial charge in [-0.05, 0) is 44.0 Å². The van der Waals surface area contributed by atoms with E-state index in [0.717, 1.165) is 11.1 Å². The van der Waals surface area contributed by atoms with Gasteiger partial charge in [-0.2, -0.15) is 0 Å². The maximum atomic E-state index is 12.1. The first kappa shape index (κ1) is 15.9. The van der Waals surface area contributed by atoms with Crippen molar-refractivity contribution in [2.24, 2.45) is 0 Å². The summed E-state index contributed by atoms with van der Waals surface area (Å²) < 4.78 is 5.36. The number of anilines is 1. The summed E-state index contributed by atoms with van der Waals surface area (Å²) in [6, 6.07) is 16.9. The quantitative estimate of drug-likeness (QED) is 0.845. The zero-order valence-corrected chi connectivity index (χ0v) is 13.2. The van der Waals surface area contributed by atoms with Crippen molar-refractivity contribution in [2.45, 2.75) is 32.4 Å². The molecule has 2 aromatic carbocycles. The zero-order chi connectivity index (χ0) is 16.2. The molecule has 0 fully saturated rings. The lowest BCUT2D eigenvalue weighted by Gasteiger charge is -2.24. The van der Waals surface area contributed by atoms with Gasteiger partial charge in [0.15, 0.2) is 0 Å². The Morgan fingerprint density at radius 1 is 1.05 bits per heavy atom. The molecule has 0 aliphatic carbocycles. The smallest absolute Gasteiger partial charge is 0.408 e. The SMILES string of the molecule is CC(C)(C)OC(=O)N[C@@H](c1ccccc1)c1cccc(N)c1. The minimum absolute atomic E-state index is 0.306. The minimum atomic E-state index is -0.541. The van der Waals surface area contributed by atoms with E-state index in [1.807, 2.05) is 75.4 Å². The van der Waals surface area contributed by atoms with Crippen LogP contribution in [0.1, 0.15) is 37.9 Å². The molecule has 0 aromatic heterocycles. The number of ether oxygens (including phenoxy) is 1. The van der Waals surface area contributed by atoms with Gasteiger partial charge >= 0.3 is 6.09 Å². The summed E-state index contributed by atoms with van der Waals surface area (Å²) in [4.78, 5) is 12.1. The molecule has 0 saturated heterocycles. The van der Waals surface area contributed by atoms with E-state index >= 15 is 0 Å². The highest BCUT2D eigenvalue weighted by Gasteiger charge is 2.21. The number of nitrogen functional groups attached to an aromatic ring is 1. The molecule has 1 atom stereocenters. The van der Waals surface area contributed by atoms with Crippen molar-refractivity contribution in [2.75, 3.05) is 5.73 Å². The van der Waals surface area contributed by atoms with Crippen LogP contribution in [0.3, 0.4) is 0 Å². The highest BCUT2D eigenvalue weighted by Crippen LogP contribution is 2.24. The molecular formula is C18H22N2O2. The maximum Gasteiger partial charge on any atom is 0.408 e. The van der Waals surface area contributed by atoms with Crippen LogP contribution in [0.4, 0.5) is 10.5 Å². The molecule has 0 aliphatic rings. The van der Waals surface area contributed by atoms with Crippen molar-refractivity contribution >= 4 is 11.8 Å². The zero-order valence-electron chi connectivity index (χ0n) is 13.2. The first-order valence-electron chi connectivity index (χ1n) is 7.25. The number of amides is 1. The molecule has 0 heterocycles. The van der Waals surface area contributed by atoms with Crippen LogP contribution in [-0.2, 0) is 4.74 Å². The van der Waals surface area contributed by atoms with Crippen molar-refractivity contribution in [3.05, 3.63) is 65.7 Å². The van der Waals surface area contributed by atoms with E-state index in [4.69, 9.17) is 10.5 Å². The summed E-state index contributed by atoms with van der Waals surface area (Å²) in [6.45, 7) is 5.51. The van der Waals surface area contributed by atoms with Crippen LogP contribution in [0.25, 0.3) is 0 Å². The average molecular weight is 298 g/mol. The summed E-state index contributed by atoms with van der Waals surface area (Å²) in [7, 11) is 0. The van der Waals surface area contributed by atoms with Crippen molar-refractivity contribution in [3.63, 3.8) is 0 Å². The molecule has 0 saturated carbocycles. The van der Waals surface area contributed by atoms with Crippen LogP contribution in [0.15, 0.2) is 54.6 Å².